The first-order valence-electron chi connectivity index (χ1n) is 29.9. The van der Waals surface area contributed by atoms with Crippen LogP contribution in [-0.4, -0.2) is 230 Å². The van der Waals surface area contributed by atoms with Crippen LogP contribution in [0.15, 0.2) is 47.6 Å². The number of aromatic nitrogens is 2. The van der Waals surface area contributed by atoms with Crippen LogP contribution < -0.4 is 25.6 Å². The lowest BCUT2D eigenvalue weighted by Crippen LogP contribution is -2.55. The van der Waals surface area contributed by atoms with E-state index in [1.807, 2.05) is 19.6 Å². The second-order valence-corrected chi connectivity index (χ2v) is 29.0. The predicted molar refractivity (Wildman–Crippen MR) is 333 cm³/mol. The molecule has 27 nitrogen and oxygen atoms in total. The molecule has 29 heteroatoms. The summed E-state index contributed by atoms with van der Waals surface area (Å²) in [6, 6.07) is 4.27. The number of hydrogen-bond donors (Lipinski definition) is 7. The highest BCUT2D eigenvalue weighted by Gasteiger charge is 2.38. The van der Waals surface area contributed by atoms with E-state index in [1.165, 1.54) is 0 Å². The maximum Gasteiger partial charge on any atom is 0.323 e. The summed E-state index contributed by atoms with van der Waals surface area (Å²) in [6.45, 7) is 22.0. The molecule has 5 rings (SSSR count). The summed E-state index contributed by atoms with van der Waals surface area (Å²) >= 11 is 0. The van der Waals surface area contributed by atoms with Crippen LogP contribution in [0.3, 0.4) is 0 Å². The number of carbonyl (C=O) groups is 7. The third kappa shape index (κ3) is 25.7. The van der Waals surface area contributed by atoms with Gasteiger partial charge < -0.3 is 45.2 Å². The van der Waals surface area contributed by atoms with E-state index in [2.05, 4.69) is 30.6 Å². The van der Waals surface area contributed by atoms with Gasteiger partial charge >= 0.3 is 23.9 Å². The molecule has 7 N–H and O–H groups in total. The Kier molecular flexibility index (Phi) is 26.2. The van der Waals surface area contributed by atoms with E-state index < -0.39 is 103 Å². The van der Waals surface area contributed by atoms with Crippen LogP contribution in [-0.2, 0) is 69.7 Å². The van der Waals surface area contributed by atoms with Crippen LogP contribution in [0.4, 0.5) is 11.6 Å². The minimum absolute atomic E-state index is 0.0165. The molecule has 2 aliphatic heterocycles. The number of carbonyl (C=O) groups excluding carboxylic acids is 6. The Labute approximate surface area is 523 Å². The molecule has 1 unspecified atom stereocenters. The van der Waals surface area contributed by atoms with Crippen LogP contribution in [0.2, 0.25) is 0 Å². The number of nitrogens with zero attached hydrogens (tertiary/aromatic N) is 6. The molecule has 0 bridgehead atoms. The maximum absolute atomic E-state index is 14.3. The minimum Gasteiger partial charge on any atom is -0.480 e. The minimum atomic E-state index is -4.68. The number of unbranched alkanes of at least 4 members (excludes halogenated alkanes) is 1. The average Bonchev–Trinajstić information content (AvgIpc) is 1.12. The van der Waals surface area contributed by atoms with Gasteiger partial charge in [0.25, 0.3) is 10.1 Å². The molecule has 3 atom stereocenters. The van der Waals surface area contributed by atoms with E-state index in [-0.39, 0.29) is 102 Å². The molecule has 89 heavy (non-hydrogen) atoms. The molecule has 496 valence electrons. The van der Waals surface area contributed by atoms with Gasteiger partial charge in [-0.25, -0.2) is 13.4 Å². The number of benzene rings is 2. The number of aromatic amines is 1. The SMILES string of the molecule is Cc1cc(C)c(S(=O)(=O)N[C@@H](CNC(=O)C2CC(=O)c3ccc(CNc4ncc[nH]4)cc3N2CCCC[C@H](CS(=O)(=O)O)NC(=O)CN2CCN(CC(=O)OC(C)(C)C)CCN(CC(=O)OC(C)(C)C)CCN(CC(=O)OC(C)(C)C)CC2)C(=O)O)c(C)c1. The van der Waals surface area contributed by atoms with Gasteiger partial charge in [-0.15, -0.1) is 0 Å². The fourth-order valence-corrected chi connectivity index (χ4v) is 13.0. The van der Waals surface area contributed by atoms with Crippen LogP contribution in [0.5, 0.6) is 0 Å². The van der Waals surface area contributed by atoms with Crippen LogP contribution in [0.25, 0.3) is 0 Å². The average molecular weight is 1290 g/mol. The number of imidazole rings is 1. The number of rotatable bonds is 26. The number of nitrogens with one attached hydrogen (secondary N) is 5. The standard InChI is InChI=1S/C60H93N11O16S2/c1-40-29-41(2)54(42(3)30-40)89(83,84)66-46(56(78)79)34-63-55(77)48-32-49(72)45-17-16-43(33-64-57-61-18-19-62-57)31-47(45)71(48)20-14-13-15-44(39-88(80,81)82)65-50(73)35-67-21-23-68(36-51(74)85-58(4,5)6)25-27-70(38-53(76)87-60(10,11)12)28-26-69(24-22-67)37-52(75)86-59(7,8)9/h16-19,29-31,44,46,48,66H,13-15,20-28,32-39H2,1-12H3,(H,63,77)(H,65,73)(H,78,79)(H2,61,62,64)(H,80,81,82)/t44-,46+,48?/m1/s1. The number of amides is 2. The number of sulfonamides is 1. The lowest BCUT2D eigenvalue weighted by Gasteiger charge is -2.38. The zero-order valence-electron chi connectivity index (χ0n) is 53.5. The predicted octanol–water partition coefficient (Wildman–Crippen LogP) is 3.05. The Morgan fingerprint density at radius 2 is 1.21 bits per heavy atom. The summed E-state index contributed by atoms with van der Waals surface area (Å²) in [7, 11) is -9.09. The molecule has 1 fully saturated rings. The number of Topliss-reactive ketones (excluding diaryl/α,β-unsaturated/α-hetero) is 1. The number of carboxylic acid groups (broad SMARTS) is 1. The molecule has 2 aromatic carbocycles. The number of hydrogen-bond acceptors (Lipinski definition) is 21. The van der Waals surface area contributed by atoms with Crippen molar-refractivity contribution in [3.8, 4) is 0 Å². The highest BCUT2D eigenvalue weighted by molar-refractivity contribution is 7.89. The number of esters is 3. The first-order valence-corrected chi connectivity index (χ1v) is 33.0. The molecule has 1 aromatic heterocycles. The normalized spacial score (nSPS) is 17.3. The second kappa shape index (κ2) is 31.9. The Morgan fingerprint density at radius 3 is 1.66 bits per heavy atom. The third-order valence-electron chi connectivity index (χ3n) is 14.2. The maximum atomic E-state index is 14.3. The number of aliphatic carboxylic acids is 1. The molecular formula is C60H93N11O16S2. The van der Waals surface area contributed by atoms with Crippen LogP contribution >= 0.6 is 0 Å². The quantitative estimate of drug-likeness (QED) is 0.0263. The Morgan fingerprint density at radius 1 is 0.719 bits per heavy atom. The molecule has 3 aromatic rings. The van der Waals surface area contributed by atoms with Gasteiger partial charge in [0.05, 0.1) is 36.8 Å². The number of ether oxygens (including phenoxy) is 3. The molecule has 0 spiro atoms. The molecule has 2 amide bonds. The summed E-state index contributed by atoms with van der Waals surface area (Å²) < 4.78 is 81.9. The molecule has 1 saturated heterocycles. The van der Waals surface area contributed by atoms with Crippen molar-refractivity contribution in [1.29, 1.82) is 0 Å². The van der Waals surface area contributed by atoms with E-state index in [4.69, 9.17) is 14.2 Å². The van der Waals surface area contributed by atoms with Crippen molar-refractivity contribution in [2.24, 2.45) is 0 Å². The van der Waals surface area contributed by atoms with Crippen molar-refractivity contribution in [2.75, 3.05) is 108 Å². The molecule has 2 aliphatic rings. The highest BCUT2D eigenvalue weighted by Crippen LogP contribution is 2.33. The summed E-state index contributed by atoms with van der Waals surface area (Å²) in [5.41, 5.74) is 0.680. The number of carboxylic acids is 1. The third-order valence-corrected chi connectivity index (χ3v) is 16.8. The first kappa shape index (κ1) is 73.1. The van der Waals surface area contributed by atoms with Gasteiger partial charge in [0, 0.05) is 108 Å². The molecule has 3 heterocycles. The number of aryl methyl sites for hydroxylation is 3. The van der Waals surface area contributed by atoms with Gasteiger partial charge in [0.2, 0.25) is 21.8 Å². The van der Waals surface area contributed by atoms with Crippen molar-refractivity contribution in [1.82, 2.24) is 44.9 Å². The summed E-state index contributed by atoms with van der Waals surface area (Å²) in [5.74, 6) is -5.09. The first-order chi connectivity index (χ1) is 41.3. The van der Waals surface area contributed by atoms with Crippen LogP contribution in [0.1, 0.15) is 121 Å². The van der Waals surface area contributed by atoms with Gasteiger partial charge in [0.15, 0.2) is 11.7 Å². The summed E-state index contributed by atoms with van der Waals surface area (Å²) in [4.78, 5) is 111. The van der Waals surface area contributed by atoms with E-state index in [0.717, 1.165) is 5.56 Å². The van der Waals surface area contributed by atoms with E-state index in [0.29, 0.717) is 60.1 Å². The Bertz CT molecular complexity index is 3110. The fourth-order valence-electron chi connectivity index (χ4n) is 10.6. The van der Waals surface area contributed by atoms with Crippen molar-refractivity contribution in [3.05, 3.63) is 70.5 Å². The number of fused-ring (bicyclic) bond motifs is 1. The number of anilines is 2. The lowest BCUT2D eigenvalue weighted by molar-refractivity contribution is -0.158. The van der Waals surface area contributed by atoms with Crippen molar-refractivity contribution >= 4 is 73.3 Å². The zero-order valence-corrected chi connectivity index (χ0v) is 55.2. The Balaban J connectivity index is 1.36. The van der Waals surface area contributed by atoms with Crippen molar-refractivity contribution in [3.63, 3.8) is 0 Å². The van der Waals surface area contributed by atoms with Gasteiger partial charge in [-0.1, -0.05) is 23.8 Å². The fraction of sp³-hybridized carbons (Fsp3) is 0.633. The Hall–Kier alpha value is -6.60. The van der Waals surface area contributed by atoms with Crippen molar-refractivity contribution < 1.29 is 74.3 Å². The lowest BCUT2D eigenvalue weighted by atomic mass is 9.92. The van der Waals surface area contributed by atoms with Gasteiger partial charge in [-0.2, -0.15) is 13.1 Å². The summed E-state index contributed by atoms with van der Waals surface area (Å²) in [5, 5.41) is 18.7. The number of ketones is 1. The number of H-pyrrole nitrogens is 1. The van der Waals surface area contributed by atoms with Crippen molar-refractivity contribution in [2.45, 2.75) is 155 Å². The largest absolute Gasteiger partial charge is 0.480 e. The topological polar surface area (TPSA) is 349 Å². The van der Waals surface area contributed by atoms with E-state index in [9.17, 15) is 60.1 Å². The van der Waals surface area contributed by atoms with Gasteiger partial charge in [0.1, 0.15) is 28.9 Å². The monoisotopic (exact) mass is 1290 g/mol. The smallest absolute Gasteiger partial charge is 0.323 e. The van der Waals surface area contributed by atoms with Gasteiger partial charge in [-0.3, -0.25) is 57.7 Å². The molecule has 0 radical (unpaired) electrons. The van der Waals surface area contributed by atoms with E-state index >= 15 is 0 Å². The molecule has 0 saturated carbocycles. The second-order valence-electron chi connectivity index (χ2n) is 25.8. The summed E-state index contributed by atoms with van der Waals surface area (Å²) in [6.07, 6.45) is 3.33. The molecular weight excluding hydrogens is 1190 g/mol. The molecule has 0 aliphatic carbocycles. The van der Waals surface area contributed by atoms with Crippen LogP contribution in [0, 0.1) is 20.8 Å². The zero-order chi connectivity index (χ0) is 66.2. The highest BCUT2D eigenvalue weighted by atomic mass is 32.2. The van der Waals surface area contributed by atoms with Gasteiger partial charge in [-0.05, 0) is 131 Å². The van der Waals surface area contributed by atoms with E-state index in [1.54, 1.807) is 131 Å².